The summed E-state index contributed by atoms with van der Waals surface area (Å²) >= 11 is 0. The molecule has 0 saturated heterocycles. The normalized spacial score (nSPS) is 10.0. The van der Waals surface area contributed by atoms with Crippen molar-refractivity contribution in [2.45, 2.75) is 19.9 Å². The van der Waals surface area contributed by atoms with Crippen molar-refractivity contribution >= 4 is 23.5 Å². The van der Waals surface area contributed by atoms with E-state index >= 15 is 0 Å². The maximum absolute atomic E-state index is 11.8. The van der Waals surface area contributed by atoms with E-state index in [0.29, 0.717) is 11.4 Å². The van der Waals surface area contributed by atoms with Crippen molar-refractivity contribution in [3.8, 4) is 5.75 Å². The average Bonchev–Trinajstić information content (AvgIpc) is 2.52. The number of hydrogen-bond acceptors (Lipinski definition) is 7. The van der Waals surface area contributed by atoms with E-state index in [1.807, 2.05) is 0 Å². The number of benzene rings is 1. The second-order valence-electron chi connectivity index (χ2n) is 4.36. The number of nitrogens with two attached hydrogens (primary N) is 1. The summed E-state index contributed by atoms with van der Waals surface area (Å²) in [5.41, 5.74) is 6.10. The number of nitrogens with one attached hydrogen (secondary N) is 1. The van der Waals surface area contributed by atoms with Gasteiger partial charge in [0, 0.05) is 5.69 Å². The molecule has 23 heavy (non-hydrogen) atoms. The number of rotatable bonds is 8. The zero-order valence-corrected chi connectivity index (χ0v) is 13.0. The van der Waals surface area contributed by atoms with Crippen molar-refractivity contribution in [1.29, 1.82) is 0 Å². The molecule has 0 spiro atoms. The zero-order chi connectivity index (χ0) is 17.2. The number of ether oxygens (including phenoxy) is 3. The van der Waals surface area contributed by atoms with Crippen molar-refractivity contribution in [2.24, 2.45) is 0 Å². The van der Waals surface area contributed by atoms with Gasteiger partial charge in [0.05, 0.1) is 13.2 Å². The number of anilines is 1. The van der Waals surface area contributed by atoms with Crippen molar-refractivity contribution < 1.29 is 28.6 Å². The number of nitrogen functional groups attached to an aromatic ring is 1. The second kappa shape index (κ2) is 9.29. The van der Waals surface area contributed by atoms with E-state index in [0.717, 1.165) is 0 Å². The van der Waals surface area contributed by atoms with Gasteiger partial charge in [0.15, 0.2) is 6.61 Å². The lowest BCUT2D eigenvalue weighted by atomic mass is 10.3. The first-order valence-electron chi connectivity index (χ1n) is 7.08. The molecule has 1 rings (SSSR count). The van der Waals surface area contributed by atoms with Crippen LogP contribution in [0.1, 0.15) is 13.8 Å². The molecule has 0 saturated carbocycles. The van der Waals surface area contributed by atoms with Crippen LogP contribution in [0, 0.1) is 0 Å². The maximum Gasteiger partial charge on any atom is 0.340 e. The third-order valence-corrected chi connectivity index (χ3v) is 2.60. The molecule has 1 amide bonds. The van der Waals surface area contributed by atoms with Crippen LogP contribution in [0.25, 0.3) is 0 Å². The van der Waals surface area contributed by atoms with Crippen molar-refractivity contribution in [1.82, 2.24) is 5.32 Å². The second-order valence-corrected chi connectivity index (χ2v) is 4.36. The minimum absolute atomic E-state index is 0.0759. The highest BCUT2D eigenvalue weighted by Gasteiger charge is 2.31. The van der Waals surface area contributed by atoms with Gasteiger partial charge in [-0.3, -0.25) is 4.79 Å². The molecule has 0 atom stereocenters. The summed E-state index contributed by atoms with van der Waals surface area (Å²) in [7, 11) is 0. The van der Waals surface area contributed by atoms with Gasteiger partial charge in [-0.15, -0.1) is 0 Å². The number of carbonyl (C=O) groups excluding carboxylic acids is 3. The summed E-state index contributed by atoms with van der Waals surface area (Å²) in [4.78, 5) is 35.3. The molecular weight excluding hydrogens is 304 g/mol. The van der Waals surface area contributed by atoms with Gasteiger partial charge in [0.2, 0.25) is 6.04 Å². The Morgan fingerprint density at radius 3 is 2.04 bits per heavy atom. The van der Waals surface area contributed by atoms with Crippen LogP contribution in [-0.2, 0) is 23.9 Å². The summed E-state index contributed by atoms with van der Waals surface area (Å²) in [6.45, 7) is 2.95. The molecule has 0 heterocycles. The Hall–Kier alpha value is -2.77. The molecule has 1 aromatic carbocycles. The molecule has 0 aliphatic rings. The summed E-state index contributed by atoms with van der Waals surface area (Å²) < 4.78 is 14.7. The summed E-state index contributed by atoms with van der Waals surface area (Å²) in [6.07, 6.45) is 0. The lowest BCUT2D eigenvalue weighted by Gasteiger charge is -2.16. The summed E-state index contributed by atoms with van der Waals surface area (Å²) in [5, 5.41) is 2.23. The van der Waals surface area contributed by atoms with Gasteiger partial charge in [-0.1, -0.05) is 0 Å². The SMILES string of the molecule is CCOC(=O)C(NC(=O)COc1ccc(N)cc1)C(=O)OCC. The standard InChI is InChI=1S/C15H20N2O6/c1-3-21-14(19)13(15(20)22-4-2)17-12(18)9-23-11-7-5-10(16)6-8-11/h5-8,13H,3-4,9,16H2,1-2H3,(H,17,18). The van der Waals surface area contributed by atoms with Crippen LogP contribution in [0.5, 0.6) is 5.75 Å². The number of amides is 1. The van der Waals surface area contributed by atoms with Gasteiger partial charge >= 0.3 is 11.9 Å². The minimum Gasteiger partial charge on any atom is -0.484 e. The highest BCUT2D eigenvalue weighted by Crippen LogP contribution is 2.12. The predicted octanol–water partition coefficient (Wildman–Crippen LogP) is 0.259. The highest BCUT2D eigenvalue weighted by atomic mass is 16.6. The van der Waals surface area contributed by atoms with Gasteiger partial charge < -0.3 is 25.3 Å². The first kappa shape index (κ1) is 18.3. The monoisotopic (exact) mass is 324 g/mol. The molecule has 3 N–H and O–H groups in total. The van der Waals surface area contributed by atoms with E-state index in [2.05, 4.69) is 5.32 Å². The quantitative estimate of drug-likeness (QED) is 0.400. The third kappa shape index (κ3) is 6.25. The van der Waals surface area contributed by atoms with E-state index in [1.165, 1.54) is 0 Å². The Labute approximate surface area is 133 Å². The molecule has 0 aliphatic heterocycles. The third-order valence-electron chi connectivity index (χ3n) is 2.60. The summed E-state index contributed by atoms with van der Waals surface area (Å²) in [6, 6.07) is 4.91. The lowest BCUT2D eigenvalue weighted by Crippen LogP contribution is -2.49. The first-order chi connectivity index (χ1) is 11.0. The summed E-state index contributed by atoms with van der Waals surface area (Å²) in [5.74, 6) is -2.00. The van der Waals surface area contributed by atoms with Gasteiger partial charge in [-0.2, -0.15) is 0 Å². The number of hydrogen-bond donors (Lipinski definition) is 2. The Morgan fingerprint density at radius 2 is 1.57 bits per heavy atom. The maximum atomic E-state index is 11.8. The van der Waals surface area contributed by atoms with Crippen LogP contribution in [0.4, 0.5) is 5.69 Å². The van der Waals surface area contributed by atoms with Crippen molar-refractivity contribution in [3.63, 3.8) is 0 Å². The molecule has 0 bridgehead atoms. The van der Waals surface area contributed by atoms with Crippen LogP contribution < -0.4 is 15.8 Å². The Balaban J connectivity index is 2.59. The van der Waals surface area contributed by atoms with Crippen LogP contribution in [-0.4, -0.2) is 43.7 Å². The zero-order valence-electron chi connectivity index (χ0n) is 13.0. The van der Waals surface area contributed by atoms with Gasteiger partial charge in [0.1, 0.15) is 5.75 Å². The van der Waals surface area contributed by atoms with E-state index in [-0.39, 0.29) is 19.8 Å². The highest BCUT2D eigenvalue weighted by molar-refractivity contribution is 6.02. The van der Waals surface area contributed by atoms with Crippen LogP contribution in [0.2, 0.25) is 0 Å². The molecule has 0 aliphatic carbocycles. The predicted molar refractivity (Wildman–Crippen MR) is 81.5 cm³/mol. The Kier molecular flexibility index (Phi) is 7.38. The fourth-order valence-electron chi connectivity index (χ4n) is 1.58. The van der Waals surface area contributed by atoms with Gasteiger partial charge in [0.25, 0.3) is 5.91 Å². The van der Waals surface area contributed by atoms with E-state index in [9.17, 15) is 14.4 Å². The van der Waals surface area contributed by atoms with Gasteiger partial charge in [-0.05, 0) is 38.1 Å². The topological polar surface area (TPSA) is 117 Å². The lowest BCUT2D eigenvalue weighted by molar-refractivity contribution is -0.159. The number of esters is 2. The molecule has 1 aromatic rings. The Bertz CT molecular complexity index is 525. The van der Waals surface area contributed by atoms with Crippen molar-refractivity contribution in [2.75, 3.05) is 25.6 Å². The fraction of sp³-hybridized carbons (Fsp3) is 0.400. The van der Waals surface area contributed by atoms with Crippen LogP contribution >= 0.6 is 0 Å². The largest absolute Gasteiger partial charge is 0.484 e. The molecule has 126 valence electrons. The first-order valence-corrected chi connectivity index (χ1v) is 7.08. The minimum atomic E-state index is -1.52. The smallest absolute Gasteiger partial charge is 0.340 e. The average molecular weight is 324 g/mol. The molecule has 0 unspecified atom stereocenters. The van der Waals surface area contributed by atoms with Crippen LogP contribution in [0.15, 0.2) is 24.3 Å². The van der Waals surface area contributed by atoms with Gasteiger partial charge in [-0.25, -0.2) is 9.59 Å². The molecule has 0 aromatic heterocycles. The molecule has 0 radical (unpaired) electrons. The number of carbonyl (C=O) groups is 3. The molecule has 8 heteroatoms. The Morgan fingerprint density at radius 1 is 1.04 bits per heavy atom. The molecular formula is C15H20N2O6. The van der Waals surface area contributed by atoms with Crippen molar-refractivity contribution in [3.05, 3.63) is 24.3 Å². The van der Waals surface area contributed by atoms with Crippen LogP contribution in [0.3, 0.4) is 0 Å². The van der Waals surface area contributed by atoms with E-state index < -0.39 is 23.9 Å². The molecule has 0 fully saturated rings. The molecule has 8 nitrogen and oxygen atoms in total. The van der Waals surface area contributed by atoms with E-state index in [1.54, 1.807) is 38.1 Å². The van der Waals surface area contributed by atoms with E-state index in [4.69, 9.17) is 19.9 Å². The fourth-order valence-corrected chi connectivity index (χ4v) is 1.58.